The fourth-order valence-corrected chi connectivity index (χ4v) is 4.68. The molecular weight excluding hydrogens is 420 g/mol. The number of allylic oxidation sites excluding steroid dienone is 5. The Kier molecular flexibility index (Phi) is 7.30. The van der Waals surface area contributed by atoms with Gasteiger partial charge in [0.05, 0.1) is 0 Å². The van der Waals surface area contributed by atoms with Crippen LogP contribution < -0.4 is 4.74 Å². The molecule has 1 aliphatic heterocycles. The fourth-order valence-electron chi connectivity index (χ4n) is 3.85. The Hall–Kier alpha value is -3.02. The third kappa shape index (κ3) is 5.23. The van der Waals surface area contributed by atoms with Gasteiger partial charge in [0.1, 0.15) is 12.4 Å². The predicted octanol–water partition coefficient (Wildman–Crippen LogP) is 5.77. The summed E-state index contributed by atoms with van der Waals surface area (Å²) in [5.74, 6) is 0.785. The SMILES string of the molecule is CCOC(Cc1ccc(OCC=C2C=CC3=C(CSC=C3)c3ccccc32)cc1)C(=O)O. The van der Waals surface area contributed by atoms with Crippen molar-refractivity contribution in [2.45, 2.75) is 19.4 Å². The van der Waals surface area contributed by atoms with Crippen LogP contribution in [-0.2, 0) is 16.0 Å². The highest BCUT2D eigenvalue weighted by Crippen LogP contribution is 2.37. The molecule has 0 saturated heterocycles. The Morgan fingerprint density at radius 2 is 1.88 bits per heavy atom. The van der Waals surface area contributed by atoms with Crippen LogP contribution in [0.15, 0.2) is 83.8 Å². The molecule has 1 N–H and O–H groups in total. The van der Waals surface area contributed by atoms with Gasteiger partial charge in [-0.15, -0.1) is 11.8 Å². The lowest BCUT2D eigenvalue weighted by Gasteiger charge is -2.15. The van der Waals surface area contributed by atoms with Gasteiger partial charge in [0.15, 0.2) is 6.10 Å². The summed E-state index contributed by atoms with van der Waals surface area (Å²) in [7, 11) is 0. The normalized spacial score (nSPS) is 17.0. The van der Waals surface area contributed by atoms with E-state index in [4.69, 9.17) is 9.47 Å². The van der Waals surface area contributed by atoms with Gasteiger partial charge in [0.25, 0.3) is 0 Å². The number of aliphatic carboxylic acids is 1. The first kappa shape index (κ1) is 22.2. The molecule has 0 radical (unpaired) electrons. The van der Waals surface area contributed by atoms with E-state index in [0.717, 1.165) is 22.6 Å². The summed E-state index contributed by atoms with van der Waals surface area (Å²) in [6, 6.07) is 16.0. The molecule has 164 valence electrons. The topological polar surface area (TPSA) is 55.8 Å². The molecule has 1 heterocycles. The van der Waals surface area contributed by atoms with Crippen LogP contribution in [0.4, 0.5) is 0 Å². The minimum Gasteiger partial charge on any atom is -0.490 e. The van der Waals surface area contributed by atoms with Crippen molar-refractivity contribution in [2.75, 3.05) is 19.0 Å². The molecule has 2 aromatic rings. The van der Waals surface area contributed by atoms with E-state index in [9.17, 15) is 9.90 Å². The molecule has 2 aromatic carbocycles. The molecule has 32 heavy (non-hydrogen) atoms. The van der Waals surface area contributed by atoms with Crippen molar-refractivity contribution in [1.29, 1.82) is 0 Å². The second-order valence-corrected chi connectivity index (χ2v) is 8.42. The summed E-state index contributed by atoms with van der Waals surface area (Å²) >= 11 is 1.82. The summed E-state index contributed by atoms with van der Waals surface area (Å²) in [5, 5.41) is 11.4. The highest BCUT2D eigenvalue weighted by atomic mass is 32.2. The number of thioether (sulfide) groups is 1. The van der Waals surface area contributed by atoms with Crippen LogP contribution >= 0.6 is 11.8 Å². The first-order chi connectivity index (χ1) is 15.7. The fraction of sp³-hybridized carbons (Fsp3) is 0.222. The minimum atomic E-state index is -0.944. The largest absolute Gasteiger partial charge is 0.490 e. The summed E-state index contributed by atoms with van der Waals surface area (Å²) in [6.07, 6.45) is 8.13. The van der Waals surface area contributed by atoms with Crippen LogP contribution in [0.3, 0.4) is 0 Å². The zero-order valence-corrected chi connectivity index (χ0v) is 18.8. The van der Waals surface area contributed by atoms with Crippen molar-refractivity contribution in [1.82, 2.24) is 0 Å². The maximum atomic E-state index is 11.3. The number of carboxylic acids is 1. The second kappa shape index (κ2) is 10.5. The molecule has 1 atom stereocenters. The Labute approximate surface area is 192 Å². The van der Waals surface area contributed by atoms with E-state index in [1.165, 1.54) is 22.3 Å². The summed E-state index contributed by atoms with van der Waals surface area (Å²) < 4.78 is 11.2. The highest BCUT2D eigenvalue weighted by Gasteiger charge is 2.18. The number of ether oxygens (including phenoxy) is 2. The van der Waals surface area contributed by atoms with Crippen molar-refractivity contribution in [3.63, 3.8) is 0 Å². The number of hydrogen-bond acceptors (Lipinski definition) is 4. The Morgan fingerprint density at radius 3 is 2.62 bits per heavy atom. The molecule has 4 nitrogen and oxygen atoms in total. The van der Waals surface area contributed by atoms with E-state index < -0.39 is 12.1 Å². The maximum absolute atomic E-state index is 11.3. The molecular formula is C27H26O4S. The minimum absolute atomic E-state index is 0.333. The van der Waals surface area contributed by atoms with Gasteiger partial charge in [-0.3, -0.25) is 0 Å². The molecule has 5 heteroatoms. The van der Waals surface area contributed by atoms with Crippen molar-refractivity contribution < 1.29 is 19.4 Å². The first-order valence-electron chi connectivity index (χ1n) is 10.7. The number of carboxylic acid groups (broad SMARTS) is 1. The average molecular weight is 447 g/mol. The molecule has 1 unspecified atom stereocenters. The molecule has 0 bridgehead atoms. The van der Waals surface area contributed by atoms with E-state index in [1.807, 2.05) is 36.0 Å². The molecule has 0 fully saturated rings. The molecule has 0 spiro atoms. The van der Waals surface area contributed by atoms with Gasteiger partial charge in [0, 0.05) is 18.8 Å². The Balaban J connectivity index is 1.44. The van der Waals surface area contributed by atoms with Crippen LogP contribution in [0.2, 0.25) is 0 Å². The van der Waals surface area contributed by atoms with Gasteiger partial charge in [-0.1, -0.05) is 48.6 Å². The van der Waals surface area contributed by atoms with Gasteiger partial charge in [0.2, 0.25) is 0 Å². The number of carbonyl (C=O) groups is 1. The Bertz CT molecular complexity index is 1090. The van der Waals surface area contributed by atoms with Crippen LogP contribution in [0.5, 0.6) is 5.75 Å². The molecule has 4 rings (SSSR count). The number of rotatable bonds is 8. The molecule has 0 amide bonds. The van der Waals surface area contributed by atoms with Gasteiger partial charge >= 0.3 is 5.97 Å². The first-order valence-corrected chi connectivity index (χ1v) is 11.8. The number of fused-ring (bicyclic) bond motifs is 2. The zero-order valence-electron chi connectivity index (χ0n) is 18.0. The van der Waals surface area contributed by atoms with Gasteiger partial charge in [-0.05, 0) is 70.0 Å². The molecule has 1 aliphatic carbocycles. The third-order valence-electron chi connectivity index (χ3n) is 5.47. The van der Waals surface area contributed by atoms with Gasteiger partial charge in [-0.25, -0.2) is 4.79 Å². The van der Waals surface area contributed by atoms with E-state index in [2.05, 4.69) is 54.0 Å². The number of benzene rings is 2. The van der Waals surface area contributed by atoms with E-state index >= 15 is 0 Å². The van der Waals surface area contributed by atoms with Crippen LogP contribution in [0.25, 0.3) is 11.1 Å². The lowest BCUT2D eigenvalue weighted by Crippen LogP contribution is -2.26. The molecule has 0 aromatic heterocycles. The monoisotopic (exact) mass is 446 g/mol. The van der Waals surface area contributed by atoms with Crippen LogP contribution in [0, 0.1) is 0 Å². The van der Waals surface area contributed by atoms with E-state index in [-0.39, 0.29) is 0 Å². The van der Waals surface area contributed by atoms with E-state index in [0.29, 0.717) is 19.6 Å². The van der Waals surface area contributed by atoms with Crippen LogP contribution in [-0.4, -0.2) is 36.1 Å². The summed E-state index contributed by atoms with van der Waals surface area (Å²) in [5.41, 5.74) is 7.19. The van der Waals surface area contributed by atoms with Crippen molar-refractivity contribution in [3.8, 4) is 5.75 Å². The van der Waals surface area contributed by atoms with Crippen molar-refractivity contribution in [3.05, 3.63) is 101 Å². The second-order valence-electron chi connectivity index (χ2n) is 7.53. The smallest absolute Gasteiger partial charge is 0.333 e. The average Bonchev–Trinajstić information content (AvgIpc) is 2.97. The standard InChI is InChI=1S/C27H26O4S/c1-2-30-26(27(28)29)17-19-7-11-22(12-8-19)31-15-13-20-9-10-21-14-16-32-18-25(21)24-6-4-3-5-23(20)24/h3-14,16,26H,2,15,17-18H2,1H3,(H,28,29). The predicted molar refractivity (Wildman–Crippen MR) is 131 cm³/mol. The quantitative estimate of drug-likeness (QED) is 0.558. The lowest BCUT2D eigenvalue weighted by atomic mass is 9.95. The molecule has 2 aliphatic rings. The van der Waals surface area contributed by atoms with Gasteiger partial charge < -0.3 is 14.6 Å². The number of hydrogen-bond donors (Lipinski definition) is 1. The van der Waals surface area contributed by atoms with Crippen LogP contribution in [0.1, 0.15) is 23.6 Å². The van der Waals surface area contributed by atoms with Gasteiger partial charge in [-0.2, -0.15) is 0 Å². The molecule has 0 saturated carbocycles. The Morgan fingerprint density at radius 1 is 1.09 bits per heavy atom. The lowest BCUT2D eigenvalue weighted by molar-refractivity contribution is -0.149. The van der Waals surface area contributed by atoms with Crippen molar-refractivity contribution in [2.24, 2.45) is 0 Å². The maximum Gasteiger partial charge on any atom is 0.333 e. The summed E-state index contributed by atoms with van der Waals surface area (Å²) in [4.78, 5) is 11.3. The van der Waals surface area contributed by atoms with Crippen molar-refractivity contribution >= 4 is 28.9 Å². The highest BCUT2D eigenvalue weighted by molar-refractivity contribution is 8.02. The third-order valence-corrected chi connectivity index (χ3v) is 6.25. The van der Waals surface area contributed by atoms with E-state index in [1.54, 1.807) is 6.92 Å². The zero-order chi connectivity index (χ0) is 22.3. The summed E-state index contributed by atoms with van der Waals surface area (Å²) in [6.45, 7) is 2.61.